The molecule has 2 unspecified atom stereocenters. The van der Waals surface area contributed by atoms with Crippen molar-refractivity contribution in [3.8, 4) is 0 Å². The van der Waals surface area contributed by atoms with Crippen molar-refractivity contribution in [2.24, 2.45) is 0 Å². The topological polar surface area (TPSA) is 92.2 Å². The Morgan fingerprint density at radius 3 is 2.00 bits per heavy atom. The van der Waals surface area contributed by atoms with Crippen LogP contribution in [0.15, 0.2) is 94.5 Å². The van der Waals surface area contributed by atoms with Crippen molar-refractivity contribution in [1.82, 2.24) is 0 Å². The molecule has 0 aliphatic carbocycles. The maximum absolute atomic E-state index is 8.49. The molecule has 0 saturated carbocycles. The van der Waals surface area contributed by atoms with Gasteiger partial charge < -0.3 is 0 Å². The third kappa shape index (κ3) is 5.12. The fourth-order valence-electron chi connectivity index (χ4n) is 3.47. The van der Waals surface area contributed by atoms with Crippen LogP contribution in [0.1, 0.15) is 12.5 Å². The van der Waals surface area contributed by atoms with E-state index in [1.807, 2.05) is 0 Å². The second kappa shape index (κ2) is 8.23. The smallest absolute Gasteiger partial charge is 0.222 e. The van der Waals surface area contributed by atoms with Gasteiger partial charge in [0.25, 0.3) is 5.88 Å². The highest BCUT2D eigenvalue weighted by atomic mass is 35.7. The van der Waals surface area contributed by atoms with Gasteiger partial charge in [0.1, 0.15) is 17.1 Å². The molecule has 0 saturated heterocycles. The van der Waals surface area contributed by atoms with Crippen LogP contribution in [0.5, 0.6) is 0 Å². The lowest BCUT2D eigenvalue weighted by Gasteiger charge is -2.29. The molecule has 7 heteroatoms. The van der Waals surface area contributed by atoms with Gasteiger partial charge in [-0.1, -0.05) is 48.5 Å². The number of hydrogen-bond acceptors (Lipinski definition) is 4. The van der Waals surface area contributed by atoms with Gasteiger partial charge in [0.2, 0.25) is 0 Å². The first-order valence-corrected chi connectivity index (χ1v) is 11.3. The number of hydrogen-bond donors (Lipinski definition) is 0. The predicted molar refractivity (Wildman–Crippen MR) is 99.4 cm³/mol. The van der Waals surface area contributed by atoms with Gasteiger partial charge in [0.15, 0.2) is 16.0 Å². The van der Waals surface area contributed by atoms with Crippen LogP contribution in [0.25, 0.3) is 5.57 Å². The molecule has 0 fully saturated rings. The molecule has 5 nitrogen and oxygen atoms in total. The average molecular weight is 419 g/mol. The minimum Gasteiger partial charge on any atom is -0.222 e. The third-order valence-corrected chi connectivity index (χ3v) is 6.68. The maximum Gasteiger partial charge on any atom is 0.251 e. The minimum atomic E-state index is -4.94. The molecule has 2 atom stereocenters. The summed E-state index contributed by atoms with van der Waals surface area (Å²) in [5.41, 5.74) is 5.48. The number of quaternary nitrogens is 1. The zero-order valence-corrected chi connectivity index (χ0v) is 17.2. The zero-order valence-electron chi connectivity index (χ0n) is 15.6. The van der Waals surface area contributed by atoms with E-state index in [4.69, 9.17) is 18.6 Å². The highest BCUT2D eigenvalue weighted by molar-refractivity contribution is 7.99. The molecule has 2 aliphatic rings. The van der Waals surface area contributed by atoms with E-state index >= 15 is 0 Å². The lowest BCUT2D eigenvalue weighted by Crippen LogP contribution is -2.68. The van der Waals surface area contributed by atoms with Crippen molar-refractivity contribution in [3.63, 3.8) is 0 Å². The van der Waals surface area contributed by atoms with Gasteiger partial charge in [-0.15, -0.1) is 10.2 Å². The molecule has 28 heavy (non-hydrogen) atoms. The van der Waals surface area contributed by atoms with Crippen LogP contribution in [0.2, 0.25) is 0 Å². The second-order valence-electron chi connectivity index (χ2n) is 6.82. The molecule has 0 radical (unpaired) electrons. The Bertz CT molecular complexity index is 916. The number of benzene rings is 2. The van der Waals surface area contributed by atoms with E-state index in [1.165, 1.54) is 27.3 Å². The van der Waals surface area contributed by atoms with E-state index in [9.17, 15) is 0 Å². The van der Waals surface area contributed by atoms with Crippen molar-refractivity contribution in [3.05, 3.63) is 95.2 Å². The fourth-order valence-corrected chi connectivity index (χ4v) is 5.77. The molecule has 2 aromatic rings. The minimum absolute atomic E-state index is 0.165. The summed E-state index contributed by atoms with van der Waals surface area (Å²) in [6, 6.07) is 21.7. The van der Waals surface area contributed by atoms with Crippen LogP contribution in [0.3, 0.4) is 0 Å². The molecule has 2 aromatic carbocycles. The number of allylic oxidation sites excluding steroid dienone is 3. The Hall–Kier alpha value is -1.90. The molecule has 146 valence electrons. The summed E-state index contributed by atoms with van der Waals surface area (Å²) in [5, 5.41) is 2.50. The summed E-state index contributed by atoms with van der Waals surface area (Å²) in [4.78, 5) is 1.44. The summed E-state index contributed by atoms with van der Waals surface area (Å²) >= 11 is 0. The first-order valence-electron chi connectivity index (χ1n) is 8.57. The van der Waals surface area contributed by atoms with E-state index in [1.54, 1.807) is 0 Å². The molecular formula is C21H21ClNO4S+. The Morgan fingerprint density at radius 2 is 1.43 bits per heavy atom. The summed E-state index contributed by atoms with van der Waals surface area (Å²) in [6.07, 6.45) is 4.73. The molecule has 0 aromatic heterocycles. The standard InChI is InChI=1S/C21H21NS.ClHO4/c1-17-13-20(18-9-5-3-6-10-18)21-15-23(16-22(21,2)14-17)19-11-7-4-8-12-19;2-1(3,4)5/h3-15H,16H2,1-2H3;(H,2,3,4,5)/q+2;/p-1. The van der Waals surface area contributed by atoms with Crippen molar-refractivity contribution >= 4 is 16.5 Å². The van der Waals surface area contributed by atoms with Gasteiger partial charge >= 0.3 is 0 Å². The van der Waals surface area contributed by atoms with E-state index in [0.29, 0.717) is 0 Å². The van der Waals surface area contributed by atoms with E-state index in [2.05, 4.69) is 92.3 Å². The van der Waals surface area contributed by atoms with Gasteiger partial charge in [0, 0.05) is 11.1 Å². The summed E-state index contributed by atoms with van der Waals surface area (Å²) in [5.74, 6) is 1.13. The van der Waals surface area contributed by atoms with Crippen molar-refractivity contribution in [2.75, 3.05) is 12.9 Å². The SMILES string of the molecule is CC1=C[N+]2(C)C[S+](c3ccccc3)C=C2C(c2ccccc2)=C1.[O-][Cl+3]([O-])([O-])[O-]. The summed E-state index contributed by atoms with van der Waals surface area (Å²) < 4.78 is 34.9. The van der Waals surface area contributed by atoms with E-state index < -0.39 is 10.2 Å². The highest BCUT2D eigenvalue weighted by Crippen LogP contribution is 2.43. The molecule has 4 rings (SSSR count). The number of nitrogens with zero attached hydrogens (tertiary/aromatic N) is 1. The molecule has 0 spiro atoms. The number of fused-ring (bicyclic) bond motifs is 1. The first-order chi connectivity index (χ1) is 13.2. The van der Waals surface area contributed by atoms with Gasteiger partial charge in [-0.05, 0) is 30.7 Å². The van der Waals surface area contributed by atoms with Gasteiger partial charge in [0.05, 0.1) is 7.05 Å². The van der Waals surface area contributed by atoms with E-state index in [0.717, 1.165) is 10.4 Å². The lowest BCUT2D eigenvalue weighted by atomic mass is 9.97. The predicted octanol–water partition coefficient (Wildman–Crippen LogP) is 0.168. The molecule has 0 N–H and O–H groups in total. The quantitative estimate of drug-likeness (QED) is 0.513. The molecular weight excluding hydrogens is 398 g/mol. The van der Waals surface area contributed by atoms with Gasteiger partial charge in [-0.2, -0.15) is 0 Å². The van der Waals surface area contributed by atoms with Crippen LogP contribution < -0.4 is 18.6 Å². The monoisotopic (exact) mass is 418 g/mol. The number of halogens is 1. The van der Waals surface area contributed by atoms with Crippen molar-refractivity contribution < 1.29 is 33.4 Å². The molecule has 0 bridgehead atoms. The second-order valence-corrected chi connectivity index (χ2v) is 9.40. The van der Waals surface area contributed by atoms with Crippen LogP contribution in [-0.4, -0.2) is 17.4 Å². The van der Waals surface area contributed by atoms with Crippen LogP contribution >= 0.6 is 0 Å². The lowest BCUT2D eigenvalue weighted by molar-refractivity contribution is -2.00. The Labute approximate surface area is 169 Å². The first kappa shape index (κ1) is 20.8. The normalized spacial score (nSPS) is 23.6. The number of likely N-dealkylation sites (N-methyl/N-ethyl adjacent to an activating group) is 1. The Kier molecular flexibility index (Phi) is 6.12. The fraction of sp³-hybridized carbons (Fsp3) is 0.143. The molecule has 0 amide bonds. The zero-order chi connectivity index (χ0) is 20.4. The largest absolute Gasteiger partial charge is 0.251 e. The number of rotatable bonds is 2. The average Bonchev–Trinajstić information content (AvgIpc) is 2.98. The Balaban J connectivity index is 0.000000403. The van der Waals surface area contributed by atoms with Crippen molar-refractivity contribution in [1.29, 1.82) is 0 Å². The van der Waals surface area contributed by atoms with Gasteiger partial charge in [-0.25, -0.2) is 23.1 Å². The molecule has 2 aliphatic heterocycles. The Morgan fingerprint density at radius 1 is 0.893 bits per heavy atom. The third-order valence-electron chi connectivity index (χ3n) is 4.48. The summed E-state index contributed by atoms with van der Waals surface area (Å²) in [7, 11) is -2.44. The van der Waals surface area contributed by atoms with E-state index in [-0.39, 0.29) is 10.9 Å². The van der Waals surface area contributed by atoms with Crippen LogP contribution in [0.4, 0.5) is 0 Å². The maximum atomic E-state index is 8.49. The highest BCUT2D eigenvalue weighted by Gasteiger charge is 2.48. The van der Waals surface area contributed by atoms with Crippen LogP contribution in [0, 0.1) is 10.2 Å². The van der Waals surface area contributed by atoms with Gasteiger partial charge in [-0.3, -0.25) is 0 Å². The van der Waals surface area contributed by atoms with Crippen molar-refractivity contribution in [2.45, 2.75) is 11.8 Å². The summed E-state index contributed by atoms with van der Waals surface area (Å²) in [6.45, 7) is 2.21. The van der Waals surface area contributed by atoms with Crippen LogP contribution in [-0.2, 0) is 10.9 Å². The molecule has 2 heterocycles.